The predicted molar refractivity (Wildman–Crippen MR) is 169 cm³/mol. The van der Waals surface area contributed by atoms with Crippen LogP contribution in [0.15, 0.2) is 84.9 Å². The summed E-state index contributed by atoms with van der Waals surface area (Å²) in [7, 11) is 2.02. The second-order valence-electron chi connectivity index (χ2n) is 11.5. The molecule has 1 saturated heterocycles. The van der Waals surface area contributed by atoms with Crippen molar-refractivity contribution in [2.75, 3.05) is 33.2 Å². The number of nitrogens with zero attached hydrogens (tertiary/aromatic N) is 3. The van der Waals surface area contributed by atoms with E-state index in [4.69, 9.17) is 0 Å². The Kier molecular flexibility index (Phi) is 11.8. The van der Waals surface area contributed by atoms with Crippen LogP contribution < -0.4 is 0 Å². The van der Waals surface area contributed by atoms with E-state index in [1.54, 1.807) is 4.90 Å². The van der Waals surface area contributed by atoms with Crippen LogP contribution in [-0.4, -0.2) is 65.8 Å². The van der Waals surface area contributed by atoms with Gasteiger partial charge in [-0.25, -0.2) is 0 Å². The monoisotopic (exact) mass is 605 g/mol. The molecule has 1 atom stereocenters. The number of carbonyl (C=O) groups excluding carboxylic acids is 2. The van der Waals surface area contributed by atoms with Crippen molar-refractivity contribution in [3.05, 3.63) is 113 Å². The summed E-state index contributed by atoms with van der Waals surface area (Å²) in [4.78, 5) is 33.7. The van der Waals surface area contributed by atoms with Crippen LogP contribution in [0.2, 0.25) is 0 Å². The lowest BCUT2D eigenvalue weighted by molar-refractivity contribution is -0.145. The molecule has 0 bridgehead atoms. The SMILES string of the molecule is CCCCCc1ccc(CN(C(=O)/C=C\c2ccc(C(F)(F)F)cc2)[C@@H](Cc2ccccc2)C(=O)N2CCN(C)CC2)cc1. The maximum absolute atomic E-state index is 14.1. The fraction of sp³-hybridized carbons (Fsp3) is 0.389. The van der Waals surface area contributed by atoms with Gasteiger partial charge in [-0.15, -0.1) is 0 Å². The number of likely N-dealkylation sites (N-methyl/N-ethyl adjacent to an activating group) is 1. The van der Waals surface area contributed by atoms with Crippen LogP contribution in [0.25, 0.3) is 6.08 Å². The van der Waals surface area contributed by atoms with Crippen molar-refractivity contribution in [2.24, 2.45) is 0 Å². The lowest BCUT2D eigenvalue weighted by Crippen LogP contribution is -2.55. The number of rotatable bonds is 12. The average Bonchev–Trinajstić information content (AvgIpc) is 3.02. The molecule has 4 rings (SSSR count). The minimum Gasteiger partial charge on any atom is -0.338 e. The smallest absolute Gasteiger partial charge is 0.338 e. The third-order valence-corrected chi connectivity index (χ3v) is 8.13. The van der Waals surface area contributed by atoms with Crippen molar-refractivity contribution in [1.82, 2.24) is 14.7 Å². The Labute approximate surface area is 259 Å². The van der Waals surface area contributed by atoms with Crippen LogP contribution in [0.1, 0.15) is 54.0 Å². The molecule has 1 fully saturated rings. The third-order valence-electron chi connectivity index (χ3n) is 8.13. The largest absolute Gasteiger partial charge is 0.416 e. The molecule has 3 aromatic rings. The lowest BCUT2D eigenvalue weighted by atomic mass is 10.0. The molecule has 0 unspecified atom stereocenters. The Hall–Kier alpha value is -3.91. The molecular formula is C36H42F3N3O2. The third kappa shape index (κ3) is 9.55. The van der Waals surface area contributed by atoms with Crippen LogP contribution in [0.4, 0.5) is 13.2 Å². The number of amides is 2. The van der Waals surface area contributed by atoms with E-state index in [1.807, 2.05) is 54.4 Å². The standard InChI is InChI=1S/C36H42F3N3O2/c1-3-4-6-9-28-12-14-31(15-13-28)27-42(34(43)21-18-29-16-19-32(20-17-29)36(37,38)39)33(26-30-10-7-5-8-11-30)35(44)41-24-22-40(2)23-25-41/h5,7-8,10-21,33H,3-4,6,9,22-27H2,1-2H3/b21-18-/t33-/m0/s1. The van der Waals surface area contributed by atoms with E-state index in [0.29, 0.717) is 25.1 Å². The number of unbranched alkanes of at least 4 members (excludes halogenated alkanes) is 2. The first-order valence-corrected chi connectivity index (χ1v) is 15.4. The Balaban J connectivity index is 1.64. The fourth-order valence-corrected chi connectivity index (χ4v) is 5.38. The molecule has 3 aromatic carbocycles. The Morgan fingerprint density at radius 3 is 2.09 bits per heavy atom. The van der Waals surface area contributed by atoms with Gasteiger partial charge < -0.3 is 14.7 Å². The number of piperazine rings is 1. The van der Waals surface area contributed by atoms with Crippen molar-refractivity contribution in [3.8, 4) is 0 Å². The summed E-state index contributed by atoms with van der Waals surface area (Å²) in [6.45, 7) is 5.07. The van der Waals surface area contributed by atoms with Gasteiger partial charge >= 0.3 is 6.18 Å². The Morgan fingerprint density at radius 1 is 0.841 bits per heavy atom. The van der Waals surface area contributed by atoms with Crippen LogP contribution in [0.5, 0.6) is 0 Å². The number of halogens is 3. The Morgan fingerprint density at radius 2 is 1.48 bits per heavy atom. The first kappa shape index (κ1) is 33.0. The molecule has 8 heteroatoms. The number of alkyl halides is 3. The first-order valence-electron chi connectivity index (χ1n) is 15.4. The van der Waals surface area contributed by atoms with Gasteiger partial charge in [-0.2, -0.15) is 13.2 Å². The van der Waals surface area contributed by atoms with Gasteiger partial charge in [0.1, 0.15) is 6.04 Å². The summed E-state index contributed by atoms with van der Waals surface area (Å²) in [5, 5.41) is 0. The zero-order valence-corrected chi connectivity index (χ0v) is 25.6. The molecule has 234 valence electrons. The molecule has 0 N–H and O–H groups in total. The van der Waals surface area contributed by atoms with Gasteiger partial charge in [0.15, 0.2) is 0 Å². The molecule has 2 amide bonds. The number of hydrogen-bond donors (Lipinski definition) is 0. The van der Waals surface area contributed by atoms with Gasteiger partial charge in [0.25, 0.3) is 0 Å². The van der Waals surface area contributed by atoms with Crippen LogP contribution in [0.3, 0.4) is 0 Å². The molecule has 44 heavy (non-hydrogen) atoms. The molecule has 0 spiro atoms. The molecule has 1 heterocycles. The number of carbonyl (C=O) groups is 2. The zero-order chi connectivity index (χ0) is 31.5. The minimum absolute atomic E-state index is 0.102. The van der Waals surface area contributed by atoms with Gasteiger partial charge in [-0.1, -0.05) is 86.5 Å². The van der Waals surface area contributed by atoms with Gasteiger partial charge in [-0.3, -0.25) is 9.59 Å². The van der Waals surface area contributed by atoms with E-state index in [2.05, 4.69) is 24.0 Å². The van der Waals surface area contributed by atoms with Crippen molar-refractivity contribution in [3.63, 3.8) is 0 Å². The topological polar surface area (TPSA) is 43.9 Å². The molecule has 1 aliphatic rings. The van der Waals surface area contributed by atoms with Crippen LogP contribution in [-0.2, 0) is 35.2 Å². The summed E-state index contributed by atoms with van der Waals surface area (Å²) < 4.78 is 39.1. The zero-order valence-electron chi connectivity index (χ0n) is 25.6. The molecular weight excluding hydrogens is 563 g/mol. The number of benzene rings is 3. The van der Waals surface area contributed by atoms with Crippen molar-refractivity contribution in [1.29, 1.82) is 0 Å². The highest BCUT2D eigenvalue weighted by Gasteiger charge is 2.34. The van der Waals surface area contributed by atoms with Gasteiger partial charge in [-0.05, 0) is 60.4 Å². The first-order chi connectivity index (χ1) is 21.1. The average molecular weight is 606 g/mol. The fourth-order valence-electron chi connectivity index (χ4n) is 5.38. The van der Waals surface area contributed by atoms with Gasteiger partial charge in [0, 0.05) is 45.2 Å². The Bertz CT molecular complexity index is 1360. The summed E-state index contributed by atoms with van der Waals surface area (Å²) in [6, 6.07) is 21.8. The highest BCUT2D eigenvalue weighted by Crippen LogP contribution is 2.29. The van der Waals surface area contributed by atoms with Gasteiger partial charge in [0.2, 0.25) is 11.8 Å². The maximum atomic E-state index is 14.1. The molecule has 5 nitrogen and oxygen atoms in total. The van der Waals surface area contributed by atoms with E-state index in [-0.39, 0.29) is 18.4 Å². The van der Waals surface area contributed by atoms with Crippen molar-refractivity contribution in [2.45, 2.75) is 57.8 Å². The van der Waals surface area contributed by atoms with E-state index >= 15 is 0 Å². The molecule has 0 radical (unpaired) electrons. The highest BCUT2D eigenvalue weighted by atomic mass is 19.4. The second-order valence-corrected chi connectivity index (χ2v) is 11.5. The summed E-state index contributed by atoms with van der Waals surface area (Å²) in [5.41, 5.74) is 2.80. The van der Waals surface area contributed by atoms with E-state index < -0.39 is 17.8 Å². The number of aryl methyl sites for hydroxylation is 1. The highest BCUT2D eigenvalue weighted by molar-refractivity contribution is 5.95. The minimum atomic E-state index is -4.44. The quantitative estimate of drug-likeness (QED) is 0.167. The summed E-state index contributed by atoms with van der Waals surface area (Å²) in [6.07, 6.45) is 3.21. The number of hydrogen-bond acceptors (Lipinski definition) is 3. The predicted octanol–water partition coefficient (Wildman–Crippen LogP) is 6.87. The lowest BCUT2D eigenvalue weighted by Gasteiger charge is -2.38. The van der Waals surface area contributed by atoms with E-state index in [9.17, 15) is 22.8 Å². The molecule has 0 aromatic heterocycles. The van der Waals surface area contributed by atoms with Crippen LogP contribution in [0, 0.1) is 0 Å². The van der Waals surface area contributed by atoms with E-state index in [0.717, 1.165) is 55.6 Å². The summed E-state index contributed by atoms with van der Waals surface area (Å²) in [5.74, 6) is -0.477. The summed E-state index contributed by atoms with van der Waals surface area (Å²) >= 11 is 0. The van der Waals surface area contributed by atoms with E-state index in [1.165, 1.54) is 36.3 Å². The van der Waals surface area contributed by atoms with Crippen molar-refractivity contribution < 1.29 is 22.8 Å². The molecule has 0 aliphatic carbocycles. The molecule has 0 saturated carbocycles. The van der Waals surface area contributed by atoms with Crippen LogP contribution >= 0.6 is 0 Å². The van der Waals surface area contributed by atoms with Gasteiger partial charge in [0.05, 0.1) is 5.56 Å². The molecule has 1 aliphatic heterocycles. The maximum Gasteiger partial charge on any atom is 0.416 e. The van der Waals surface area contributed by atoms with Crippen molar-refractivity contribution >= 4 is 17.9 Å². The normalized spacial score (nSPS) is 15.0. The second kappa shape index (κ2) is 15.7.